The van der Waals surface area contributed by atoms with Crippen molar-refractivity contribution in [1.82, 2.24) is 9.55 Å². The first-order valence-electron chi connectivity index (χ1n) is 8.75. The molecule has 0 unspecified atom stereocenters. The van der Waals surface area contributed by atoms with Crippen molar-refractivity contribution in [3.8, 4) is 5.75 Å². The third-order valence-corrected chi connectivity index (χ3v) is 4.82. The standard InChI is InChI=1S/C23H19ClN2O/c1-27-19-9-6-7-17(15-19)16-26-22-12-5-4-11-21(22)25-23(26)14-13-18-8-2-3-10-20(18)24/h2-15H,16H2,1H3. The number of aromatic nitrogens is 2. The van der Waals surface area contributed by atoms with Crippen molar-refractivity contribution in [2.45, 2.75) is 6.54 Å². The summed E-state index contributed by atoms with van der Waals surface area (Å²) in [5.74, 6) is 1.74. The van der Waals surface area contributed by atoms with Gasteiger partial charge in [0.25, 0.3) is 0 Å². The molecule has 0 aliphatic carbocycles. The van der Waals surface area contributed by atoms with Crippen molar-refractivity contribution in [3.05, 3.63) is 94.8 Å². The first-order valence-corrected chi connectivity index (χ1v) is 9.13. The van der Waals surface area contributed by atoms with Gasteiger partial charge in [0.1, 0.15) is 11.6 Å². The van der Waals surface area contributed by atoms with Gasteiger partial charge in [-0.25, -0.2) is 4.98 Å². The van der Waals surface area contributed by atoms with Crippen molar-refractivity contribution in [3.63, 3.8) is 0 Å². The molecule has 0 radical (unpaired) electrons. The topological polar surface area (TPSA) is 27.1 Å². The van der Waals surface area contributed by atoms with Gasteiger partial charge in [0.2, 0.25) is 0 Å². The van der Waals surface area contributed by atoms with E-state index >= 15 is 0 Å². The van der Waals surface area contributed by atoms with Gasteiger partial charge in [-0.2, -0.15) is 0 Å². The fraction of sp³-hybridized carbons (Fsp3) is 0.0870. The first kappa shape index (κ1) is 17.4. The summed E-state index contributed by atoms with van der Waals surface area (Å²) in [5, 5.41) is 0.726. The molecule has 0 N–H and O–H groups in total. The van der Waals surface area contributed by atoms with Crippen LogP contribution < -0.4 is 4.74 Å². The SMILES string of the molecule is COc1cccc(Cn2c(C=Cc3ccccc3Cl)nc3ccccc32)c1. The van der Waals surface area contributed by atoms with Crippen LogP contribution in [0.5, 0.6) is 5.75 Å². The molecule has 3 aromatic carbocycles. The molecule has 134 valence electrons. The van der Waals surface area contributed by atoms with E-state index in [9.17, 15) is 0 Å². The molecule has 4 rings (SSSR count). The number of para-hydroxylation sites is 2. The van der Waals surface area contributed by atoms with Gasteiger partial charge in [0.15, 0.2) is 0 Å². The molecule has 0 fully saturated rings. The zero-order valence-electron chi connectivity index (χ0n) is 15.0. The molecule has 0 aliphatic rings. The molecule has 0 atom stereocenters. The summed E-state index contributed by atoms with van der Waals surface area (Å²) >= 11 is 6.28. The van der Waals surface area contributed by atoms with E-state index in [1.54, 1.807) is 7.11 Å². The van der Waals surface area contributed by atoms with Crippen LogP contribution in [0, 0.1) is 0 Å². The number of halogens is 1. The summed E-state index contributed by atoms with van der Waals surface area (Å²) < 4.78 is 7.56. The number of rotatable bonds is 5. The highest BCUT2D eigenvalue weighted by Crippen LogP contribution is 2.23. The highest BCUT2D eigenvalue weighted by molar-refractivity contribution is 6.32. The van der Waals surface area contributed by atoms with E-state index in [1.807, 2.05) is 66.7 Å². The molecule has 0 bridgehead atoms. The molecule has 0 amide bonds. The van der Waals surface area contributed by atoms with Crippen LogP contribution in [-0.2, 0) is 6.54 Å². The molecule has 4 heteroatoms. The summed E-state index contributed by atoms with van der Waals surface area (Å²) in [6.45, 7) is 0.708. The highest BCUT2D eigenvalue weighted by Gasteiger charge is 2.09. The molecule has 3 nitrogen and oxygen atoms in total. The molecule has 1 heterocycles. The van der Waals surface area contributed by atoms with E-state index < -0.39 is 0 Å². The molecule has 0 aliphatic heterocycles. The predicted octanol–water partition coefficient (Wildman–Crippen LogP) is 5.92. The number of hydrogen-bond acceptors (Lipinski definition) is 2. The minimum absolute atomic E-state index is 0.708. The summed E-state index contributed by atoms with van der Waals surface area (Å²) in [7, 11) is 1.68. The van der Waals surface area contributed by atoms with Crippen LogP contribution in [0.1, 0.15) is 17.0 Å². The Kier molecular flexibility index (Phi) is 4.95. The third-order valence-electron chi connectivity index (χ3n) is 4.48. The highest BCUT2D eigenvalue weighted by atomic mass is 35.5. The molecule has 0 saturated carbocycles. The van der Waals surface area contributed by atoms with E-state index in [1.165, 1.54) is 0 Å². The smallest absolute Gasteiger partial charge is 0.134 e. The summed E-state index contributed by atoms with van der Waals surface area (Å²) in [6, 6.07) is 24.1. The van der Waals surface area contributed by atoms with Gasteiger partial charge < -0.3 is 9.30 Å². The van der Waals surface area contributed by atoms with Gasteiger partial charge >= 0.3 is 0 Å². The minimum Gasteiger partial charge on any atom is -0.497 e. The van der Waals surface area contributed by atoms with Crippen LogP contribution in [0.15, 0.2) is 72.8 Å². The second-order valence-electron chi connectivity index (χ2n) is 6.25. The van der Waals surface area contributed by atoms with Crippen LogP contribution in [0.4, 0.5) is 0 Å². The lowest BCUT2D eigenvalue weighted by atomic mass is 10.2. The van der Waals surface area contributed by atoms with E-state index in [-0.39, 0.29) is 0 Å². The number of hydrogen-bond donors (Lipinski definition) is 0. The second kappa shape index (κ2) is 7.68. The zero-order valence-corrected chi connectivity index (χ0v) is 15.7. The number of methoxy groups -OCH3 is 1. The van der Waals surface area contributed by atoms with Gasteiger partial charge in [0.05, 0.1) is 18.1 Å². The maximum Gasteiger partial charge on any atom is 0.134 e. The fourth-order valence-corrected chi connectivity index (χ4v) is 3.31. The van der Waals surface area contributed by atoms with E-state index in [0.29, 0.717) is 6.54 Å². The summed E-state index contributed by atoms with van der Waals surface area (Å²) in [5.41, 5.74) is 4.20. The van der Waals surface area contributed by atoms with Crippen molar-refractivity contribution in [2.75, 3.05) is 7.11 Å². The Morgan fingerprint density at radius 1 is 0.963 bits per heavy atom. The Balaban J connectivity index is 1.76. The van der Waals surface area contributed by atoms with Crippen LogP contribution in [-0.4, -0.2) is 16.7 Å². The largest absolute Gasteiger partial charge is 0.497 e. The van der Waals surface area contributed by atoms with E-state index in [2.05, 4.69) is 22.8 Å². The predicted molar refractivity (Wildman–Crippen MR) is 112 cm³/mol. The molecule has 27 heavy (non-hydrogen) atoms. The monoisotopic (exact) mass is 374 g/mol. The minimum atomic E-state index is 0.708. The van der Waals surface area contributed by atoms with Crippen LogP contribution in [0.3, 0.4) is 0 Å². The maximum absolute atomic E-state index is 6.28. The number of nitrogens with zero attached hydrogens (tertiary/aromatic N) is 2. The average molecular weight is 375 g/mol. The molecular weight excluding hydrogens is 356 g/mol. The normalized spacial score (nSPS) is 11.3. The quantitative estimate of drug-likeness (QED) is 0.433. The second-order valence-corrected chi connectivity index (χ2v) is 6.66. The van der Waals surface area contributed by atoms with Gasteiger partial charge in [-0.3, -0.25) is 0 Å². The van der Waals surface area contributed by atoms with Gasteiger partial charge in [-0.1, -0.05) is 54.1 Å². The Hall–Kier alpha value is -3.04. The van der Waals surface area contributed by atoms with E-state index in [0.717, 1.165) is 38.8 Å². The Bertz CT molecular complexity index is 1110. The van der Waals surface area contributed by atoms with Crippen molar-refractivity contribution >= 4 is 34.8 Å². The van der Waals surface area contributed by atoms with Gasteiger partial charge in [-0.05, 0) is 53.6 Å². The molecule has 0 spiro atoms. The Labute approximate surface area is 163 Å². The Morgan fingerprint density at radius 2 is 1.78 bits per heavy atom. The lowest BCUT2D eigenvalue weighted by Crippen LogP contribution is -2.02. The lowest BCUT2D eigenvalue weighted by molar-refractivity contribution is 0.414. The number of benzene rings is 3. The molecule has 1 aromatic heterocycles. The van der Waals surface area contributed by atoms with Crippen LogP contribution in [0.2, 0.25) is 5.02 Å². The Morgan fingerprint density at radius 3 is 2.63 bits per heavy atom. The van der Waals surface area contributed by atoms with Crippen LogP contribution >= 0.6 is 11.6 Å². The van der Waals surface area contributed by atoms with Crippen molar-refractivity contribution in [1.29, 1.82) is 0 Å². The molecule has 0 saturated heterocycles. The zero-order chi connectivity index (χ0) is 18.6. The lowest BCUT2D eigenvalue weighted by Gasteiger charge is -2.09. The first-order chi connectivity index (χ1) is 13.2. The van der Waals surface area contributed by atoms with Gasteiger partial charge in [-0.15, -0.1) is 0 Å². The maximum atomic E-state index is 6.28. The summed E-state index contributed by atoms with van der Waals surface area (Å²) in [6.07, 6.45) is 4.02. The number of fused-ring (bicyclic) bond motifs is 1. The third kappa shape index (κ3) is 3.74. The van der Waals surface area contributed by atoms with E-state index in [4.69, 9.17) is 21.3 Å². The van der Waals surface area contributed by atoms with Crippen molar-refractivity contribution in [2.24, 2.45) is 0 Å². The van der Waals surface area contributed by atoms with Crippen molar-refractivity contribution < 1.29 is 4.74 Å². The number of ether oxygens (including phenoxy) is 1. The average Bonchev–Trinajstić information content (AvgIpc) is 3.05. The van der Waals surface area contributed by atoms with Crippen LogP contribution in [0.25, 0.3) is 23.2 Å². The van der Waals surface area contributed by atoms with Gasteiger partial charge in [0, 0.05) is 11.6 Å². The molecular formula is C23H19ClN2O. The fourth-order valence-electron chi connectivity index (χ4n) is 3.12. The summed E-state index contributed by atoms with van der Waals surface area (Å²) in [4.78, 5) is 4.80. The number of imidazole rings is 1. The molecule has 4 aromatic rings.